The number of aryl methyl sites for hydroxylation is 2. The predicted molar refractivity (Wildman–Crippen MR) is 89.4 cm³/mol. The molecule has 1 aliphatic heterocycles. The van der Waals surface area contributed by atoms with Crippen LogP contribution in [0.15, 0.2) is 24.3 Å². The fourth-order valence-corrected chi connectivity index (χ4v) is 3.31. The lowest BCUT2D eigenvalue weighted by molar-refractivity contribution is -0.121. The van der Waals surface area contributed by atoms with E-state index in [1.54, 1.807) is 11.3 Å². The van der Waals surface area contributed by atoms with Crippen LogP contribution in [0, 0.1) is 13.8 Å². The van der Waals surface area contributed by atoms with E-state index in [9.17, 15) is 9.59 Å². The van der Waals surface area contributed by atoms with Crippen molar-refractivity contribution in [2.75, 3.05) is 5.32 Å². The smallest absolute Gasteiger partial charge is 0.321 e. The van der Waals surface area contributed by atoms with Crippen LogP contribution < -0.4 is 16.0 Å². The summed E-state index contributed by atoms with van der Waals surface area (Å²) >= 11 is 1.69. The molecule has 1 aromatic heterocycles. The first-order chi connectivity index (χ1) is 11.0. The van der Waals surface area contributed by atoms with Gasteiger partial charge in [-0.3, -0.25) is 10.1 Å². The minimum atomic E-state index is -0.442. The molecule has 0 radical (unpaired) electrons. The second-order valence-electron chi connectivity index (χ2n) is 5.50. The number of imide groups is 1. The Morgan fingerprint density at radius 3 is 2.61 bits per heavy atom. The Kier molecular flexibility index (Phi) is 4.29. The second-order valence-corrected chi connectivity index (χ2v) is 6.79. The zero-order valence-electron chi connectivity index (χ0n) is 13.0. The van der Waals surface area contributed by atoms with Crippen LogP contribution in [0.3, 0.4) is 0 Å². The number of nitrogens with zero attached hydrogens (tertiary/aromatic N) is 1. The molecule has 0 spiro atoms. The van der Waals surface area contributed by atoms with Gasteiger partial charge in [-0.2, -0.15) is 0 Å². The summed E-state index contributed by atoms with van der Waals surface area (Å²) in [6.45, 7) is 4.76. The molecule has 0 aliphatic carbocycles. The highest BCUT2D eigenvalue weighted by atomic mass is 32.1. The van der Waals surface area contributed by atoms with Crippen molar-refractivity contribution >= 4 is 29.0 Å². The predicted octanol–water partition coefficient (Wildman–Crippen LogP) is 2.64. The standard InChI is InChI=1S/C16H18N4O2S/c1-9-10(2)23-15(18-9)8-17-12-5-3-11(4-6-12)13-7-14(21)20-16(22)19-13/h3-6,13,17H,7-8H2,1-2H3,(H2,19,20,21,22). The lowest BCUT2D eigenvalue weighted by Crippen LogP contribution is -2.48. The number of hydrogen-bond acceptors (Lipinski definition) is 5. The molecule has 2 heterocycles. The van der Waals surface area contributed by atoms with Gasteiger partial charge >= 0.3 is 6.03 Å². The first-order valence-corrected chi connectivity index (χ1v) is 8.20. The van der Waals surface area contributed by atoms with Crippen molar-refractivity contribution in [3.05, 3.63) is 45.4 Å². The normalized spacial score (nSPS) is 17.6. The lowest BCUT2D eigenvalue weighted by atomic mass is 10.0. The number of carbonyl (C=O) groups excluding carboxylic acids is 2. The number of amides is 3. The van der Waals surface area contributed by atoms with Gasteiger partial charge in [0.2, 0.25) is 5.91 Å². The molecular weight excluding hydrogens is 312 g/mol. The van der Waals surface area contributed by atoms with Crippen molar-refractivity contribution in [1.82, 2.24) is 15.6 Å². The molecule has 0 saturated carbocycles. The number of benzene rings is 1. The summed E-state index contributed by atoms with van der Waals surface area (Å²) in [4.78, 5) is 28.5. The summed E-state index contributed by atoms with van der Waals surface area (Å²) < 4.78 is 0. The average molecular weight is 330 g/mol. The molecule has 1 atom stereocenters. The number of rotatable bonds is 4. The maximum Gasteiger partial charge on any atom is 0.321 e. The van der Waals surface area contributed by atoms with Crippen LogP contribution >= 0.6 is 11.3 Å². The maximum atomic E-state index is 11.4. The fourth-order valence-electron chi connectivity index (χ4n) is 2.44. The third-order valence-corrected chi connectivity index (χ3v) is 4.85. The third-order valence-electron chi connectivity index (χ3n) is 3.78. The molecule has 0 bridgehead atoms. The third kappa shape index (κ3) is 3.68. The van der Waals surface area contributed by atoms with Gasteiger partial charge in [0.25, 0.3) is 0 Å². The van der Waals surface area contributed by atoms with Gasteiger partial charge in [-0.15, -0.1) is 11.3 Å². The maximum absolute atomic E-state index is 11.4. The first kappa shape index (κ1) is 15.5. The van der Waals surface area contributed by atoms with Crippen LogP contribution in [0.5, 0.6) is 0 Å². The molecule has 120 valence electrons. The molecule has 1 saturated heterocycles. The Hall–Kier alpha value is -2.41. The van der Waals surface area contributed by atoms with E-state index in [-0.39, 0.29) is 18.4 Å². The molecule has 2 aromatic rings. The molecule has 3 N–H and O–H groups in total. The van der Waals surface area contributed by atoms with E-state index in [1.165, 1.54) is 4.88 Å². The Morgan fingerprint density at radius 1 is 1.26 bits per heavy atom. The lowest BCUT2D eigenvalue weighted by Gasteiger charge is -2.23. The summed E-state index contributed by atoms with van der Waals surface area (Å²) in [5.41, 5.74) is 2.97. The average Bonchev–Trinajstić information content (AvgIpc) is 2.83. The van der Waals surface area contributed by atoms with Gasteiger partial charge < -0.3 is 10.6 Å². The summed E-state index contributed by atoms with van der Waals surface area (Å²) in [6, 6.07) is 7.02. The molecule has 1 fully saturated rings. The first-order valence-electron chi connectivity index (χ1n) is 7.38. The number of carbonyl (C=O) groups is 2. The number of anilines is 1. The number of aromatic nitrogens is 1. The van der Waals surface area contributed by atoms with Gasteiger partial charge in [0, 0.05) is 10.6 Å². The molecule has 3 amide bonds. The van der Waals surface area contributed by atoms with E-state index in [0.717, 1.165) is 22.0 Å². The fraction of sp³-hybridized carbons (Fsp3) is 0.312. The monoisotopic (exact) mass is 330 g/mol. The van der Waals surface area contributed by atoms with Crippen molar-refractivity contribution in [1.29, 1.82) is 0 Å². The van der Waals surface area contributed by atoms with E-state index in [4.69, 9.17) is 0 Å². The summed E-state index contributed by atoms with van der Waals surface area (Å²) in [5, 5.41) is 9.36. The van der Waals surface area contributed by atoms with Gasteiger partial charge in [-0.1, -0.05) is 12.1 Å². The van der Waals surface area contributed by atoms with E-state index in [1.807, 2.05) is 31.2 Å². The van der Waals surface area contributed by atoms with Crippen molar-refractivity contribution in [2.45, 2.75) is 32.9 Å². The molecule has 3 rings (SSSR count). The van der Waals surface area contributed by atoms with Gasteiger partial charge in [0.05, 0.1) is 24.7 Å². The van der Waals surface area contributed by atoms with Crippen molar-refractivity contribution in [3.8, 4) is 0 Å². The van der Waals surface area contributed by atoms with Crippen LogP contribution in [-0.2, 0) is 11.3 Å². The molecule has 1 unspecified atom stereocenters. The van der Waals surface area contributed by atoms with Crippen LogP contribution in [0.2, 0.25) is 0 Å². The summed E-state index contributed by atoms with van der Waals surface area (Å²) in [7, 11) is 0. The van der Waals surface area contributed by atoms with Crippen LogP contribution in [0.4, 0.5) is 10.5 Å². The van der Waals surface area contributed by atoms with Crippen LogP contribution in [0.1, 0.15) is 33.6 Å². The Balaban J connectivity index is 1.62. The van der Waals surface area contributed by atoms with Gasteiger partial charge in [-0.25, -0.2) is 9.78 Å². The number of thiazole rings is 1. The molecule has 1 aliphatic rings. The molecule has 6 nitrogen and oxygen atoms in total. The van der Waals surface area contributed by atoms with Crippen molar-refractivity contribution in [2.24, 2.45) is 0 Å². The van der Waals surface area contributed by atoms with Crippen LogP contribution in [-0.4, -0.2) is 16.9 Å². The van der Waals surface area contributed by atoms with E-state index in [0.29, 0.717) is 6.54 Å². The van der Waals surface area contributed by atoms with E-state index < -0.39 is 6.03 Å². The summed E-state index contributed by atoms with van der Waals surface area (Å²) in [6.07, 6.45) is 0.260. The van der Waals surface area contributed by atoms with Gasteiger partial charge in [0.15, 0.2) is 0 Å². The zero-order valence-corrected chi connectivity index (χ0v) is 13.8. The molecular formula is C16H18N4O2S. The van der Waals surface area contributed by atoms with Gasteiger partial charge in [0.1, 0.15) is 5.01 Å². The second kappa shape index (κ2) is 6.37. The number of hydrogen-bond donors (Lipinski definition) is 3. The highest BCUT2D eigenvalue weighted by Gasteiger charge is 2.24. The molecule has 1 aromatic carbocycles. The highest BCUT2D eigenvalue weighted by molar-refractivity contribution is 7.11. The van der Waals surface area contributed by atoms with E-state index >= 15 is 0 Å². The number of urea groups is 1. The van der Waals surface area contributed by atoms with Gasteiger partial charge in [-0.05, 0) is 31.5 Å². The van der Waals surface area contributed by atoms with Crippen molar-refractivity contribution in [3.63, 3.8) is 0 Å². The quantitative estimate of drug-likeness (QED) is 0.805. The topological polar surface area (TPSA) is 83.1 Å². The zero-order chi connectivity index (χ0) is 16.4. The molecule has 23 heavy (non-hydrogen) atoms. The van der Waals surface area contributed by atoms with Crippen molar-refractivity contribution < 1.29 is 9.59 Å². The minimum Gasteiger partial charge on any atom is -0.379 e. The number of nitrogens with one attached hydrogen (secondary N) is 3. The van der Waals surface area contributed by atoms with Crippen LogP contribution in [0.25, 0.3) is 0 Å². The van der Waals surface area contributed by atoms with E-state index in [2.05, 4.69) is 27.9 Å². The Labute approximate surface area is 138 Å². The highest BCUT2D eigenvalue weighted by Crippen LogP contribution is 2.22. The Morgan fingerprint density at radius 2 is 2.00 bits per heavy atom. The summed E-state index contributed by atoms with van der Waals surface area (Å²) in [5.74, 6) is -0.254. The SMILES string of the molecule is Cc1nc(CNc2ccc(C3CC(=O)NC(=O)N3)cc2)sc1C. The minimum absolute atomic E-state index is 0.254. The Bertz CT molecular complexity index is 704. The largest absolute Gasteiger partial charge is 0.379 e. The molecule has 7 heteroatoms.